The van der Waals surface area contributed by atoms with Crippen molar-refractivity contribution >= 4 is 11.6 Å². The molecule has 0 bridgehead atoms. The first-order chi connectivity index (χ1) is 8.65. The lowest BCUT2D eigenvalue weighted by molar-refractivity contribution is 0.608. The molecule has 0 aromatic heterocycles. The van der Waals surface area contributed by atoms with E-state index in [2.05, 4.69) is 48.0 Å². The van der Waals surface area contributed by atoms with Crippen molar-refractivity contribution in [3.05, 3.63) is 29.8 Å². The van der Waals surface area contributed by atoms with Crippen LogP contribution in [0.25, 0.3) is 0 Å². The van der Waals surface area contributed by atoms with Crippen molar-refractivity contribution < 1.29 is 0 Å². The smallest absolute Gasteiger partial charge is 0.188 e. The van der Waals surface area contributed by atoms with Crippen LogP contribution in [0.5, 0.6) is 0 Å². The summed E-state index contributed by atoms with van der Waals surface area (Å²) in [6, 6.07) is 8.77. The molecule has 1 atom stereocenters. The Morgan fingerprint density at radius 2 is 2.17 bits per heavy atom. The predicted molar refractivity (Wildman–Crippen MR) is 76.1 cm³/mol. The van der Waals surface area contributed by atoms with Gasteiger partial charge >= 0.3 is 0 Å². The Morgan fingerprint density at radius 1 is 1.39 bits per heavy atom. The van der Waals surface area contributed by atoms with E-state index in [-0.39, 0.29) is 0 Å². The lowest BCUT2D eigenvalue weighted by atomic mass is 10.1. The molecule has 18 heavy (non-hydrogen) atoms. The lowest BCUT2D eigenvalue weighted by Crippen LogP contribution is -2.43. The number of benzene rings is 1. The van der Waals surface area contributed by atoms with E-state index >= 15 is 0 Å². The molecule has 1 heterocycles. The van der Waals surface area contributed by atoms with E-state index in [1.54, 1.807) is 0 Å². The second-order valence-electron chi connectivity index (χ2n) is 5.23. The maximum Gasteiger partial charge on any atom is 0.188 e. The largest absolute Gasteiger partial charge is 0.380 e. The molecule has 0 radical (unpaired) electrons. The molecular weight excluding hydrogens is 224 g/mol. The van der Waals surface area contributed by atoms with E-state index in [1.807, 2.05) is 6.07 Å². The van der Waals surface area contributed by atoms with Crippen LogP contribution in [0.4, 0.5) is 5.69 Å². The molecule has 4 heteroatoms. The van der Waals surface area contributed by atoms with Crippen molar-refractivity contribution in [3.63, 3.8) is 0 Å². The van der Waals surface area contributed by atoms with Gasteiger partial charge in [0.2, 0.25) is 0 Å². The van der Waals surface area contributed by atoms with Crippen LogP contribution in [-0.4, -0.2) is 25.1 Å². The molecule has 4 N–H and O–H groups in total. The molecule has 1 aliphatic rings. The third-order valence-electron chi connectivity index (χ3n) is 3.06. The van der Waals surface area contributed by atoms with Gasteiger partial charge in [-0.25, -0.2) is 0 Å². The number of guanidine groups is 1. The summed E-state index contributed by atoms with van der Waals surface area (Å²) in [7, 11) is 0. The SMILES string of the molecule is CC(C)CNC(=N)NCC1Cc2ccccc2N1. The molecule has 2 rings (SSSR count). The number of fused-ring (bicyclic) bond motifs is 1. The van der Waals surface area contributed by atoms with E-state index in [4.69, 9.17) is 5.41 Å². The van der Waals surface area contributed by atoms with Crippen LogP contribution < -0.4 is 16.0 Å². The average Bonchev–Trinajstić information content (AvgIpc) is 2.76. The summed E-state index contributed by atoms with van der Waals surface area (Å²) in [5.41, 5.74) is 2.59. The number of para-hydroxylation sites is 1. The Labute approximate surface area is 109 Å². The lowest BCUT2D eigenvalue weighted by Gasteiger charge is -2.16. The molecule has 1 aromatic rings. The van der Waals surface area contributed by atoms with Gasteiger partial charge in [-0.05, 0) is 24.0 Å². The number of rotatable bonds is 4. The first-order valence-corrected chi connectivity index (χ1v) is 6.56. The zero-order valence-electron chi connectivity index (χ0n) is 11.1. The average molecular weight is 246 g/mol. The molecule has 1 aromatic carbocycles. The van der Waals surface area contributed by atoms with Gasteiger partial charge in [-0.1, -0.05) is 32.0 Å². The first-order valence-electron chi connectivity index (χ1n) is 6.56. The molecule has 0 amide bonds. The maximum atomic E-state index is 7.76. The summed E-state index contributed by atoms with van der Waals surface area (Å²) in [6.07, 6.45) is 1.03. The second kappa shape index (κ2) is 5.76. The highest BCUT2D eigenvalue weighted by atomic mass is 15.1. The van der Waals surface area contributed by atoms with Gasteiger partial charge in [-0.3, -0.25) is 5.41 Å². The third kappa shape index (κ3) is 3.39. The van der Waals surface area contributed by atoms with Gasteiger partial charge in [-0.2, -0.15) is 0 Å². The van der Waals surface area contributed by atoms with Crippen molar-refractivity contribution in [1.82, 2.24) is 10.6 Å². The molecule has 0 aliphatic carbocycles. The van der Waals surface area contributed by atoms with Gasteiger partial charge in [0, 0.05) is 24.8 Å². The summed E-state index contributed by atoms with van der Waals surface area (Å²) in [4.78, 5) is 0. The Kier molecular flexibility index (Phi) is 4.07. The van der Waals surface area contributed by atoms with Crippen LogP contribution >= 0.6 is 0 Å². The zero-order chi connectivity index (χ0) is 13.0. The molecular formula is C14H22N4. The number of hydrogen-bond donors (Lipinski definition) is 4. The molecule has 98 valence electrons. The van der Waals surface area contributed by atoms with Gasteiger partial charge in [0.1, 0.15) is 0 Å². The third-order valence-corrected chi connectivity index (χ3v) is 3.06. The predicted octanol–water partition coefficient (Wildman–Crippen LogP) is 1.79. The summed E-state index contributed by atoms with van der Waals surface area (Å²) in [5.74, 6) is 0.975. The van der Waals surface area contributed by atoms with Crippen LogP contribution in [0.15, 0.2) is 24.3 Å². The molecule has 1 aliphatic heterocycles. The van der Waals surface area contributed by atoms with E-state index in [0.29, 0.717) is 17.9 Å². The quantitative estimate of drug-likeness (QED) is 0.484. The standard InChI is InChI=1S/C14H22N4/c1-10(2)8-16-14(15)17-9-12-7-11-5-3-4-6-13(11)18-12/h3-6,10,12,18H,7-9H2,1-2H3,(H3,15,16,17). The van der Waals surface area contributed by atoms with Crippen molar-refractivity contribution in [2.24, 2.45) is 5.92 Å². The Bertz CT molecular complexity index is 389. The van der Waals surface area contributed by atoms with Crippen molar-refractivity contribution in [3.8, 4) is 0 Å². The van der Waals surface area contributed by atoms with Crippen LogP contribution in [0, 0.1) is 11.3 Å². The van der Waals surface area contributed by atoms with Crippen LogP contribution in [0.3, 0.4) is 0 Å². The zero-order valence-corrected chi connectivity index (χ0v) is 11.1. The van der Waals surface area contributed by atoms with Gasteiger partial charge < -0.3 is 16.0 Å². The molecule has 0 saturated heterocycles. The Hall–Kier alpha value is -1.71. The number of anilines is 1. The van der Waals surface area contributed by atoms with E-state index in [1.165, 1.54) is 11.3 Å². The summed E-state index contributed by atoms with van der Waals surface area (Å²) in [5, 5.41) is 17.4. The highest BCUT2D eigenvalue weighted by Gasteiger charge is 2.19. The van der Waals surface area contributed by atoms with Gasteiger partial charge in [0.05, 0.1) is 0 Å². The fourth-order valence-corrected chi connectivity index (χ4v) is 2.09. The second-order valence-corrected chi connectivity index (χ2v) is 5.23. The van der Waals surface area contributed by atoms with Crippen LogP contribution in [0.2, 0.25) is 0 Å². The topological polar surface area (TPSA) is 59.9 Å². The van der Waals surface area contributed by atoms with E-state index < -0.39 is 0 Å². The highest BCUT2D eigenvalue weighted by molar-refractivity contribution is 5.76. The molecule has 0 fully saturated rings. The van der Waals surface area contributed by atoms with Gasteiger partial charge in [-0.15, -0.1) is 0 Å². The summed E-state index contributed by atoms with van der Waals surface area (Å²) < 4.78 is 0. The van der Waals surface area contributed by atoms with Gasteiger partial charge in [0.15, 0.2) is 5.96 Å². The minimum absolute atomic E-state index is 0.378. The first kappa shape index (κ1) is 12.7. The van der Waals surface area contributed by atoms with Crippen LogP contribution in [0.1, 0.15) is 19.4 Å². The van der Waals surface area contributed by atoms with Crippen molar-refractivity contribution in [2.45, 2.75) is 26.3 Å². The fraction of sp³-hybridized carbons (Fsp3) is 0.500. The monoisotopic (exact) mass is 246 g/mol. The number of nitrogens with one attached hydrogen (secondary N) is 4. The normalized spacial score (nSPS) is 17.2. The molecule has 4 nitrogen and oxygen atoms in total. The molecule has 0 spiro atoms. The summed E-state index contributed by atoms with van der Waals surface area (Å²) >= 11 is 0. The van der Waals surface area contributed by atoms with Crippen molar-refractivity contribution in [1.29, 1.82) is 5.41 Å². The highest BCUT2D eigenvalue weighted by Crippen LogP contribution is 2.24. The van der Waals surface area contributed by atoms with Crippen molar-refractivity contribution in [2.75, 3.05) is 18.4 Å². The van der Waals surface area contributed by atoms with E-state index in [9.17, 15) is 0 Å². The maximum absolute atomic E-state index is 7.76. The summed E-state index contributed by atoms with van der Waals surface area (Å²) in [6.45, 7) is 5.88. The number of hydrogen-bond acceptors (Lipinski definition) is 2. The Morgan fingerprint density at radius 3 is 2.89 bits per heavy atom. The molecule has 0 saturated carbocycles. The van der Waals surface area contributed by atoms with Gasteiger partial charge in [0.25, 0.3) is 0 Å². The fourth-order valence-electron chi connectivity index (χ4n) is 2.09. The minimum Gasteiger partial charge on any atom is -0.380 e. The molecule has 1 unspecified atom stereocenters. The van der Waals surface area contributed by atoms with E-state index in [0.717, 1.165) is 19.5 Å². The Balaban J connectivity index is 1.72. The minimum atomic E-state index is 0.378. The van der Waals surface area contributed by atoms with Crippen LogP contribution in [-0.2, 0) is 6.42 Å².